The van der Waals surface area contributed by atoms with Crippen LogP contribution in [-0.4, -0.2) is 35.8 Å². The van der Waals surface area contributed by atoms with Crippen molar-refractivity contribution in [3.8, 4) is 0 Å². The molecule has 0 aliphatic rings. The predicted octanol–water partition coefficient (Wildman–Crippen LogP) is 1.97. The highest BCUT2D eigenvalue weighted by Gasteiger charge is 2.33. The highest BCUT2D eigenvalue weighted by atomic mass is 32.1. The second-order valence-electron chi connectivity index (χ2n) is 2.45. The topological polar surface area (TPSA) is 32.3 Å². The molecule has 0 atom stereocenters. The van der Waals surface area contributed by atoms with Gasteiger partial charge in [0.25, 0.3) is 0 Å². The van der Waals surface area contributed by atoms with Gasteiger partial charge in [0, 0.05) is 0 Å². The first-order chi connectivity index (χ1) is 6.51. The molecule has 90 valence electrons. The number of carbonyl (C=O) groups excluding carboxylic acids is 1. The fourth-order valence-electron chi connectivity index (χ4n) is 0.509. The van der Waals surface area contributed by atoms with Crippen molar-refractivity contribution < 1.29 is 31.1 Å². The van der Waals surface area contributed by atoms with Gasteiger partial charge in [-0.1, -0.05) is 12.8 Å². The van der Waals surface area contributed by atoms with Crippen molar-refractivity contribution in [1.29, 1.82) is 0 Å². The maximum Gasteiger partial charge on any atom is 0.407 e. The largest absolute Gasteiger partial charge is 0.407 e. The maximum atomic E-state index is 11.6. The molecule has 0 fully saturated rings. The van der Waals surface area contributed by atoms with Crippen LogP contribution in [-0.2, 0) is 0 Å². The monoisotopic (exact) mass is 256 g/mol. The van der Waals surface area contributed by atoms with Gasteiger partial charge in [-0.05, 0) is 0 Å². The molecule has 15 heavy (non-hydrogen) atoms. The number of halogens is 6. The van der Waals surface area contributed by atoms with E-state index in [1.165, 1.54) is 5.32 Å². The van der Waals surface area contributed by atoms with E-state index in [1.807, 2.05) is 0 Å². The SMILES string of the molecule is O=C(NCC(F)(F)F)N(S)CC(F)(F)F. The Labute approximate surface area is 86.0 Å². The Morgan fingerprint density at radius 1 is 1.13 bits per heavy atom. The van der Waals surface area contributed by atoms with Crippen molar-refractivity contribution in [1.82, 2.24) is 9.62 Å². The number of nitrogens with one attached hydrogen (secondary N) is 1. The molecule has 0 spiro atoms. The third-order valence-electron chi connectivity index (χ3n) is 1.00. The molecule has 0 radical (unpaired) electrons. The summed E-state index contributed by atoms with van der Waals surface area (Å²) in [5.74, 6) is 0. The molecule has 0 saturated heterocycles. The van der Waals surface area contributed by atoms with E-state index in [4.69, 9.17) is 0 Å². The lowest BCUT2D eigenvalue weighted by atomic mass is 10.6. The summed E-state index contributed by atoms with van der Waals surface area (Å²) in [5.41, 5.74) is 0. The van der Waals surface area contributed by atoms with Gasteiger partial charge >= 0.3 is 18.4 Å². The van der Waals surface area contributed by atoms with E-state index in [0.717, 1.165) is 0 Å². The van der Waals surface area contributed by atoms with Gasteiger partial charge in [-0.3, -0.25) is 4.31 Å². The van der Waals surface area contributed by atoms with Gasteiger partial charge in [-0.25, -0.2) is 4.79 Å². The zero-order valence-corrected chi connectivity index (χ0v) is 7.88. The van der Waals surface area contributed by atoms with Crippen LogP contribution in [0.3, 0.4) is 0 Å². The highest BCUT2D eigenvalue weighted by Crippen LogP contribution is 2.18. The lowest BCUT2D eigenvalue weighted by Crippen LogP contribution is -2.42. The summed E-state index contributed by atoms with van der Waals surface area (Å²) in [5, 5.41) is 1.23. The van der Waals surface area contributed by atoms with Crippen LogP contribution in [0.1, 0.15) is 0 Å². The molecule has 0 aliphatic carbocycles. The summed E-state index contributed by atoms with van der Waals surface area (Å²) < 4.78 is 69.4. The van der Waals surface area contributed by atoms with Crippen LogP contribution in [0, 0.1) is 0 Å². The molecular formula is C5H6F6N2OS. The number of alkyl halides is 6. The Hall–Kier alpha value is -0.800. The number of rotatable bonds is 2. The normalized spacial score (nSPS) is 12.5. The molecule has 0 saturated carbocycles. The molecule has 0 aromatic carbocycles. The Bertz CT molecular complexity index is 227. The Morgan fingerprint density at radius 2 is 1.60 bits per heavy atom. The van der Waals surface area contributed by atoms with Gasteiger partial charge in [-0.15, -0.1) is 0 Å². The van der Waals surface area contributed by atoms with E-state index < -0.39 is 31.5 Å². The average molecular weight is 256 g/mol. The third-order valence-corrected chi connectivity index (χ3v) is 1.33. The molecule has 10 heteroatoms. The second kappa shape index (κ2) is 4.81. The van der Waals surface area contributed by atoms with Gasteiger partial charge < -0.3 is 5.32 Å². The molecule has 2 amide bonds. The maximum absolute atomic E-state index is 11.6. The van der Waals surface area contributed by atoms with Crippen molar-refractivity contribution in [2.24, 2.45) is 0 Å². The lowest BCUT2D eigenvalue weighted by Gasteiger charge is -2.18. The zero-order valence-electron chi connectivity index (χ0n) is 6.98. The molecule has 0 aliphatic heterocycles. The molecule has 0 rings (SSSR count). The van der Waals surface area contributed by atoms with Crippen LogP contribution in [0.4, 0.5) is 31.1 Å². The quantitative estimate of drug-likeness (QED) is 0.574. The van der Waals surface area contributed by atoms with E-state index in [0.29, 0.717) is 0 Å². The molecule has 0 aromatic heterocycles. The standard InChI is InChI=1S/C5H6F6N2OS/c6-4(7,8)1-12-3(14)13(15)2-5(9,10)11/h15H,1-2H2,(H,12,14). The van der Waals surface area contributed by atoms with Gasteiger partial charge in [-0.2, -0.15) is 26.3 Å². The number of hydrogen-bond acceptors (Lipinski definition) is 2. The fraction of sp³-hybridized carbons (Fsp3) is 0.800. The third kappa shape index (κ3) is 8.21. The number of thiol groups is 1. The number of urea groups is 1. The van der Waals surface area contributed by atoms with Crippen molar-refractivity contribution in [2.75, 3.05) is 13.1 Å². The molecular weight excluding hydrogens is 250 g/mol. The van der Waals surface area contributed by atoms with Crippen molar-refractivity contribution in [2.45, 2.75) is 12.4 Å². The van der Waals surface area contributed by atoms with E-state index in [2.05, 4.69) is 12.8 Å². The molecule has 0 unspecified atom stereocenters. The molecule has 0 aromatic rings. The lowest BCUT2D eigenvalue weighted by molar-refractivity contribution is -0.132. The summed E-state index contributed by atoms with van der Waals surface area (Å²) in [7, 11) is 0. The van der Waals surface area contributed by atoms with Crippen LogP contribution >= 0.6 is 12.8 Å². The van der Waals surface area contributed by atoms with Crippen LogP contribution in [0.2, 0.25) is 0 Å². The number of hydrogen-bond donors (Lipinski definition) is 2. The van der Waals surface area contributed by atoms with Crippen molar-refractivity contribution in [3.05, 3.63) is 0 Å². The summed E-state index contributed by atoms with van der Waals surface area (Å²) in [6.07, 6.45) is -9.39. The average Bonchev–Trinajstić information content (AvgIpc) is 1.95. The Morgan fingerprint density at radius 3 is 1.93 bits per heavy atom. The number of carbonyl (C=O) groups is 1. The first-order valence-electron chi connectivity index (χ1n) is 3.39. The smallest absolute Gasteiger partial charge is 0.328 e. The summed E-state index contributed by atoms with van der Waals surface area (Å²) >= 11 is 3.08. The van der Waals surface area contributed by atoms with Crippen molar-refractivity contribution in [3.63, 3.8) is 0 Å². The molecule has 0 heterocycles. The van der Waals surface area contributed by atoms with E-state index in [-0.39, 0.29) is 4.31 Å². The fourth-order valence-corrected chi connectivity index (χ4v) is 0.740. The van der Waals surface area contributed by atoms with Crippen LogP contribution in [0.15, 0.2) is 0 Å². The van der Waals surface area contributed by atoms with Gasteiger partial charge in [0.15, 0.2) is 0 Å². The van der Waals surface area contributed by atoms with E-state index in [1.54, 1.807) is 0 Å². The van der Waals surface area contributed by atoms with Gasteiger partial charge in [0.1, 0.15) is 13.1 Å². The summed E-state index contributed by atoms with van der Waals surface area (Å²) in [6, 6.07) is -1.56. The molecule has 0 bridgehead atoms. The van der Waals surface area contributed by atoms with Crippen molar-refractivity contribution >= 4 is 18.8 Å². The van der Waals surface area contributed by atoms with Crippen LogP contribution in [0.5, 0.6) is 0 Å². The van der Waals surface area contributed by atoms with Gasteiger partial charge in [0.2, 0.25) is 0 Å². The second-order valence-corrected chi connectivity index (χ2v) is 2.93. The highest BCUT2D eigenvalue weighted by molar-refractivity contribution is 7.78. The predicted molar refractivity (Wildman–Crippen MR) is 41.2 cm³/mol. The Balaban J connectivity index is 4.01. The Kier molecular flexibility index (Phi) is 4.56. The number of amides is 2. The minimum Gasteiger partial charge on any atom is -0.328 e. The van der Waals surface area contributed by atoms with Crippen LogP contribution < -0.4 is 5.32 Å². The molecule has 3 nitrogen and oxygen atoms in total. The van der Waals surface area contributed by atoms with E-state index >= 15 is 0 Å². The summed E-state index contributed by atoms with van der Waals surface area (Å²) in [6.45, 7) is -3.44. The minimum absolute atomic E-state index is 0.189. The van der Waals surface area contributed by atoms with E-state index in [9.17, 15) is 31.1 Å². The zero-order chi connectivity index (χ0) is 12.3. The minimum atomic E-state index is -4.71. The molecule has 1 N–H and O–H groups in total. The van der Waals surface area contributed by atoms with Crippen LogP contribution in [0.25, 0.3) is 0 Å². The van der Waals surface area contributed by atoms with Gasteiger partial charge in [0.05, 0.1) is 0 Å². The first kappa shape index (κ1) is 14.2. The summed E-state index contributed by atoms with van der Waals surface area (Å²) in [4.78, 5) is 10.6. The number of nitrogens with zero attached hydrogens (tertiary/aromatic N) is 1. The first-order valence-corrected chi connectivity index (χ1v) is 3.79.